The summed E-state index contributed by atoms with van der Waals surface area (Å²) < 4.78 is 5.40. The molecule has 0 saturated heterocycles. The quantitative estimate of drug-likeness (QED) is 0.915. The third kappa shape index (κ3) is 2.28. The monoisotopic (exact) mass is 258 g/mol. The van der Waals surface area contributed by atoms with Crippen LogP contribution in [0.4, 0.5) is 11.6 Å². The van der Waals surface area contributed by atoms with Crippen LogP contribution in [0.2, 0.25) is 0 Å². The van der Waals surface area contributed by atoms with Crippen molar-refractivity contribution < 1.29 is 4.52 Å². The molecule has 1 N–H and O–H groups in total. The maximum Gasteiger partial charge on any atom is 0.265 e. The van der Waals surface area contributed by atoms with E-state index in [-0.39, 0.29) is 5.92 Å². The predicted molar refractivity (Wildman–Crippen MR) is 74.6 cm³/mol. The lowest BCUT2D eigenvalue weighted by atomic mass is 9.94. The summed E-state index contributed by atoms with van der Waals surface area (Å²) in [6.45, 7) is 3.77. The second kappa shape index (κ2) is 4.91. The minimum atomic E-state index is 0.251. The fourth-order valence-corrected chi connectivity index (χ4v) is 2.31. The smallest absolute Gasteiger partial charge is 0.265 e. The van der Waals surface area contributed by atoms with Gasteiger partial charge in [0, 0.05) is 25.8 Å². The van der Waals surface area contributed by atoms with Crippen molar-refractivity contribution >= 4 is 11.6 Å². The number of nitrogens with one attached hydrogen (secondary N) is 1. The van der Waals surface area contributed by atoms with Gasteiger partial charge in [-0.2, -0.15) is 4.98 Å². The van der Waals surface area contributed by atoms with Crippen molar-refractivity contribution in [2.24, 2.45) is 0 Å². The molecule has 0 amide bonds. The number of anilines is 2. The van der Waals surface area contributed by atoms with Crippen molar-refractivity contribution in [1.82, 2.24) is 10.1 Å². The van der Waals surface area contributed by atoms with Crippen LogP contribution in [-0.4, -0.2) is 30.3 Å². The zero-order valence-corrected chi connectivity index (χ0v) is 11.3. The van der Waals surface area contributed by atoms with Gasteiger partial charge in [-0.1, -0.05) is 18.2 Å². The molecule has 1 aliphatic rings. The lowest BCUT2D eigenvalue weighted by molar-refractivity contribution is 0.353. The molecule has 100 valence electrons. The maximum atomic E-state index is 5.40. The van der Waals surface area contributed by atoms with Gasteiger partial charge in [0.2, 0.25) is 5.89 Å². The third-order valence-electron chi connectivity index (χ3n) is 3.62. The zero-order chi connectivity index (χ0) is 13.2. The fourth-order valence-electron chi connectivity index (χ4n) is 2.31. The van der Waals surface area contributed by atoms with Crippen molar-refractivity contribution in [2.45, 2.75) is 19.3 Å². The highest BCUT2D eigenvalue weighted by Gasteiger charge is 2.24. The first-order chi connectivity index (χ1) is 9.28. The molecule has 5 heteroatoms. The molecule has 19 heavy (non-hydrogen) atoms. The van der Waals surface area contributed by atoms with Crippen molar-refractivity contribution in [3.63, 3.8) is 0 Å². The van der Waals surface area contributed by atoms with Crippen LogP contribution in [0.15, 0.2) is 28.8 Å². The molecule has 0 fully saturated rings. The van der Waals surface area contributed by atoms with Gasteiger partial charge >= 0.3 is 0 Å². The average molecular weight is 258 g/mol. The fraction of sp³-hybridized carbons (Fsp3) is 0.429. The van der Waals surface area contributed by atoms with Crippen LogP contribution in [0, 0.1) is 0 Å². The SMILES string of the molecule is CCN(C)c1noc(C2CNc3ccccc3C2)n1. The Hall–Kier alpha value is -2.04. The van der Waals surface area contributed by atoms with E-state index in [0.29, 0.717) is 5.95 Å². The summed E-state index contributed by atoms with van der Waals surface area (Å²) in [6, 6.07) is 8.36. The molecule has 0 aliphatic carbocycles. The van der Waals surface area contributed by atoms with E-state index in [1.165, 1.54) is 11.3 Å². The lowest BCUT2D eigenvalue weighted by Crippen LogP contribution is -2.22. The van der Waals surface area contributed by atoms with Crippen LogP contribution in [-0.2, 0) is 6.42 Å². The Labute approximate surface area is 112 Å². The van der Waals surface area contributed by atoms with E-state index in [4.69, 9.17) is 4.52 Å². The van der Waals surface area contributed by atoms with Crippen LogP contribution >= 0.6 is 0 Å². The Balaban J connectivity index is 1.79. The molecule has 1 aromatic heterocycles. The van der Waals surface area contributed by atoms with E-state index in [1.807, 2.05) is 18.0 Å². The molecule has 0 bridgehead atoms. The van der Waals surface area contributed by atoms with Gasteiger partial charge in [0.05, 0.1) is 5.92 Å². The summed E-state index contributed by atoms with van der Waals surface area (Å²) in [5.74, 6) is 1.63. The van der Waals surface area contributed by atoms with Gasteiger partial charge in [-0.05, 0) is 30.1 Å². The standard InChI is InChI=1S/C14H18N4O/c1-3-18(2)14-16-13(19-17-14)11-8-10-6-4-5-7-12(10)15-9-11/h4-7,11,15H,3,8-9H2,1-2H3. The molecule has 2 aromatic rings. The van der Waals surface area contributed by atoms with E-state index in [0.717, 1.165) is 25.4 Å². The summed E-state index contributed by atoms with van der Waals surface area (Å²) in [7, 11) is 1.96. The topological polar surface area (TPSA) is 54.2 Å². The van der Waals surface area contributed by atoms with Crippen molar-refractivity contribution in [3.05, 3.63) is 35.7 Å². The van der Waals surface area contributed by atoms with E-state index >= 15 is 0 Å². The number of fused-ring (bicyclic) bond motifs is 1. The van der Waals surface area contributed by atoms with Gasteiger partial charge in [-0.25, -0.2) is 0 Å². The number of para-hydroxylation sites is 1. The Morgan fingerprint density at radius 3 is 3.11 bits per heavy atom. The highest BCUT2D eigenvalue weighted by atomic mass is 16.5. The van der Waals surface area contributed by atoms with Gasteiger partial charge in [0.25, 0.3) is 5.95 Å². The van der Waals surface area contributed by atoms with E-state index in [2.05, 4.69) is 40.6 Å². The number of hydrogen-bond donors (Lipinski definition) is 1. The Morgan fingerprint density at radius 2 is 2.26 bits per heavy atom. The normalized spacial score (nSPS) is 17.7. The Bertz CT molecular complexity index is 566. The van der Waals surface area contributed by atoms with Crippen LogP contribution in [0.1, 0.15) is 24.3 Å². The molecule has 1 aliphatic heterocycles. The summed E-state index contributed by atoms with van der Waals surface area (Å²) in [4.78, 5) is 6.46. The molecule has 0 saturated carbocycles. The van der Waals surface area contributed by atoms with Crippen LogP contribution in [0.5, 0.6) is 0 Å². The molecule has 1 aromatic carbocycles. The highest BCUT2D eigenvalue weighted by Crippen LogP contribution is 2.30. The van der Waals surface area contributed by atoms with Crippen molar-refractivity contribution in [1.29, 1.82) is 0 Å². The van der Waals surface area contributed by atoms with Gasteiger partial charge in [0.1, 0.15) is 0 Å². The van der Waals surface area contributed by atoms with Gasteiger partial charge in [-0.15, -0.1) is 0 Å². The summed E-state index contributed by atoms with van der Waals surface area (Å²) in [5.41, 5.74) is 2.52. The first-order valence-corrected chi connectivity index (χ1v) is 6.64. The number of rotatable bonds is 3. The number of aromatic nitrogens is 2. The molecule has 3 rings (SSSR count). The molecular formula is C14H18N4O. The zero-order valence-electron chi connectivity index (χ0n) is 11.3. The van der Waals surface area contributed by atoms with Crippen molar-refractivity contribution in [2.75, 3.05) is 30.4 Å². The molecular weight excluding hydrogens is 240 g/mol. The number of nitrogens with zero attached hydrogens (tertiary/aromatic N) is 3. The summed E-state index contributed by atoms with van der Waals surface area (Å²) >= 11 is 0. The van der Waals surface area contributed by atoms with E-state index in [9.17, 15) is 0 Å². The van der Waals surface area contributed by atoms with E-state index < -0.39 is 0 Å². The first kappa shape index (κ1) is 12.0. The van der Waals surface area contributed by atoms with Crippen LogP contribution < -0.4 is 10.2 Å². The van der Waals surface area contributed by atoms with Crippen molar-refractivity contribution in [3.8, 4) is 0 Å². The number of benzene rings is 1. The Morgan fingerprint density at radius 1 is 1.42 bits per heavy atom. The highest BCUT2D eigenvalue weighted by molar-refractivity contribution is 5.54. The minimum absolute atomic E-state index is 0.251. The average Bonchev–Trinajstić information content (AvgIpc) is 2.95. The predicted octanol–water partition coefficient (Wildman–Crippen LogP) is 2.28. The van der Waals surface area contributed by atoms with Gasteiger partial charge in [-0.3, -0.25) is 0 Å². The molecule has 1 atom stereocenters. The van der Waals surface area contributed by atoms with Gasteiger partial charge in [0.15, 0.2) is 0 Å². The third-order valence-corrected chi connectivity index (χ3v) is 3.62. The summed E-state index contributed by atoms with van der Waals surface area (Å²) in [5, 5.41) is 7.45. The largest absolute Gasteiger partial charge is 0.384 e. The van der Waals surface area contributed by atoms with Crippen LogP contribution in [0.3, 0.4) is 0 Å². The molecule has 2 heterocycles. The maximum absolute atomic E-state index is 5.40. The molecule has 0 spiro atoms. The Kier molecular flexibility index (Phi) is 3.11. The molecule has 5 nitrogen and oxygen atoms in total. The molecule has 0 radical (unpaired) electrons. The van der Waals surface area contributed by atoms with Crippen LogP contribution in [0.25, 0.3) is 0 Å². The molecule has 1 unspecified atom stereocenters. The second-order valence-electron chi connectivity index (χ2n) is 4.89. The summed E-state index contributed by atoms with van der Waals surface area (Å²) in [6.07, 6.45) is 0.945. The first-order valence-electron chi connectivity index (χ1n) is 6.64. The lowest BCUT2D eigenvalue weighted by Gasteiger charge is -2.23. The second-order valence-corrected chi connectivity index (χ2v) is 4.89. The number of hydrogen-bond acceptors (Lipinski definition) is 5. The van der Waals surface area contributed by atoms with E-state index in [1.54, 1.807) is 0 Å². The minimum Gasteiger partial charge on any atom is -0.384 e. The van der Waals surface area contributed by atoms with Gasteiger partial charge < -0.3 is 14.7 Å².